The molecule has 1 rings (SSSR count). The highest BCUT2D eigenvalue weighted by atomic mass is 19.1. The fourth-order valence-corrected chi connectivity index (χ4v) is 1.87. The van der Waals surface area contributed by atoms with Gasteiger partial charge in [0.25, 0.3) is 0 Å². The van der Waals surface area contributed by atoms with Crippen LogP contribution in [0.5, 0.6) is 0 Å². The Hall–Kier alpha value is -1.09. The quantitative estimate of drug-likeness (QED) is 0.832. The predicted octanol–water partition coefficient (Wildman–Crippen LogP) is 2.94. The Bertz CT molecular complexity index is 341. The predicted molar refractivity (Wildman–Crippen MR) is 65.1 cm³/mol. The van der Waals surface area contributed by atoms with E-state index in [1.54, 1.807) is 6.07 Å². The molecule has 0 saturated heterocycles. The lowest BCUT2D eigenvalue weighted by molar-refractivity contribution is 0.281. The number of benzene rings is 1. The average molecular weight is 225 g/mol. The number of halogens is 1. The fourth-order valence-electron chi connectivity index (χ4n) is 1.87. The van der Waals surface area contributed by atoms with Crippen molar-refractivity contribution in [3.63, 3.8) is 0 Å². The van der Waals surface area contributed by atoms with Crippen molar-refractivity contribution in [2.45, 2.75) is 39.3 Å². The van der Waals surface area contributed by atoms with Crippen LogP contribution in [0.15, 0.2) is 18.2 Å². The summed E-state index contributed by atoms with van der Waals surface area (Å²) in [6, 6.07) is 4.95. The smallest absolute Gasteiger partial charge is 0.123 e. The van der Waals surface area contributed by atoms with Crippen LogP contribution in [0.1, 0.15) is 32.3 Å². The minimum absolute atomic E-state index is 0.129. The van der Waals surface area contributed by atoms with Crippen molar-refractivity contribution >= 4 is 5.69 Å². The van der Waals surface area contributed by atoms with Crippen molar-refractivity contribution in [1.29, 1.82) is 0 Å². The summed E-state index contributed by atoms with van der Waals surface area (Å²) in [5.74, 6) is -0.302. The maximum atomic E-state index is 13.0. The summed E-state index contributed by atoms with van der Waals surface area (Å²) in [7, 11) is 1.98. The molecule has 0 saturated carbocycles. The third kappa shape index (κ3) is 2.95. The molecule has 3 heteroatoms. The van der Waals surface area contributed by atoms with E-state index >= 15 is 0 Å². The van der Waals surface area contributed by atoms with Crippen molar-refractivity contribution in [2.75, 3.05) is 11.9 Å². The van der Waals surface area contributed by atoms with Crippen LogP contribution in [0.25, 0.3) is 0 Å². The third-order valence-corrected chi connectivity index (χ3v) is 2.96. The molecule has 0 amide bonds. The van der Waals surface area contributed by atoms with E-state index in [4.69, 9.17) is 0 Å². The molecule has 0 aliphatic heterocycles. The lowest BCUT2D eigenvalue weighted by Gasteiger charge is -2.28. The Morgan fingerprint density at radius 1 is 1.44 bits per heavy atom. The topological polar surface area (TPSA) is 23.5 Å². The van der Waals surface area contributed by atoms with Gasteiger partial charge in [-0.1, -0.05) is 13.3 Å². The number of aliphatic hydroxyl groups excluding tert-OH is 1. The molecular weight excluding hydrogens is 205 g/mol. The van der Waals surface area contributed by atoms with Gasteiger partial charge in [-0.05, 0) is 31.5 Å². The Labute approximate surface area is 96.7 Å². The molecule has 0 radical (unpaired) electrons. The van der Waals surface area contributed by atoms with Crippen LogP contribution in [0.2, 0.25) is 0 Å². The molecule has 0 bridgehead atoms. The summed E-state index contributed by atoms with van der Waals surface area (Å²) in [6.07, 6.45) is 2.19. The van der Waals surface area contributed by atoms with Crippen LogP contribution < -0.4 is 4.90 Å². The van der Waals surface area contributed by atoms with Crippen LogP contribution >= 0.6 is 0 Å². The Morgan fingerprint density at radius 3 is 2.69 bits per heavy atom. The molecule has 1 unspecified atom stereocenters. The monoisotopic (exact) mass is 225 g/mol. The summed E-state index contributed by atoms with van der Waals surface area (Å²) in [5, 5.41) is 9.21. The van der Waals surface area contributed by atoms with E-state index in [1.807, 2.05) is 7.05 Å². The van der Waals surface area contributed by atoms with E-state index in [9.17, 15) is 9.50 Å². The van der Waals surface area contributed by atoms with Crippen molar-refractivity contribution in [1.82, 2.24) is 0 Å². The standard InChI is InChI=1S/C13H20FNO/c1-4-5-10(2)15(3)13-7-6-12(14)8-11(13)9-16/h6-8,10,16H,4-5,9H2,1-3H3. The molecule has 0 heterocycles. The second-order valence-corrected chi connectivity index (χ2v) is 4.18. The van der Waals surface area contributed by atoms with Crippen LogP contribution in [0.4, 0.5) is 10.1 Å². The largest absolute Gasteiger partial charge is 0.392 e. The van der Waals surface area contributed by atoms with Gasteiger partial charge >= 0.3 is 0 Å². The fraction of sp³-hybridized carbons (Fsp3) is 0.538. The lowest BCUT2D eigenvalue weighted by Crippen LogP contribution is -2.29. The Kier molecular flexibility index (Phi) is 4.74. The Morgan fingerprint density at radius 2 is 2.12 bits per heavy atom. The van der Waals surface area contributed by atoms with Crippen molar-refractivity contribution in [3.05, 3.63) is 29.6 Å². The van der Waals surface area contributed by atoms with Gasteiger partial charge in [0.1, 0.15) is 5.82 Å². The van der Waals surface area contributed by atoms with E-state index < -0.39 is 0 Å². The average Bonchev–Trinajstić information content (AvgIpc) is 2.28. The molecule has 0 spiro atoms. The van der Waals surface area contributed by atoms with Gasteiger partial charge < -0.3 is 10.0 Å². The zero-order valence-corrected chi connectivity index (χ0v) is 10.2. The first kappa shape index (κ1) is 13.0. The van der Waals surface area contributed by atoms with Crippen LogP contribution in [-0.4, -0.2) is 18.2 Å². The van der Waals surface area contributed by atoms with E-state index in [2.05, 4.69) is 18.7 Å². The highest BCUT2D eigenvalue weighted by Gasteiger charge is 2.13. The molecule has 16 heavy (non-hydrogen) atoms. The molecule has 0 fully saturated rings. The first-order chi connectivity index (χ1) is 7.60. The number of nitrogens with zero attached hydrogens (tertiary/aromatic N) is 1. The molecule has 0 aliphatic carbocycles. The van der Waals surface area contributed by atoms with Crippen LogP contribution in [0, 0.1) is 5.82 Å². The van der Waals surface area contributed by atoms with Gasteiger partial charge in [-0.2, -0.15) is 0 Å². The van der Waals surface area contributed by atoms with Gasteiger partial charge in [-0.15, -0.1) is 0 Å². The van der Waals surface area contributed by atoms with Gasteiger partial charge in [0, 0.05) is 24.3 Å². The van der Waals surface area contributed by atoms with Gasteiger partial charge in [-0.3, -0.25) is 0 Å². The van der Waals surface area contributed by atoms with E-state index in [0.29, 0.717) is 11.6 Å². The summed E-state index contributed by atoms with van der Waals surface area (Å²) >= 11 is 0. The molecule has 2 nitrogen and oxygen atoms in total. The number of hydrogen-bond acceptors (Lipinski definition) is 2. The molecular formula is C13H20FNO. The van der Waals surface area contributed by atoms with Gasteiger partial charge in [0.15, 0.2) is 0 Å². The van der Waals surface area contributed by atoms with Crippen LogP contribution in [0.3, 0.4) is 0 Å². The maximum absolute atomic E-state index is 13.0. The molecule has 1 aromatic rings. The zero-order chi connectivity index (χ0) is 12.1. The summed E-state index contributed by atoms with van der Waals surface area (Å²) < 4.78 is 13.0. The van der Waals surface area contributed by atoms with Gasteiger partial charge in [0.2, 0.25) is 0 Å². The summed E-state index contributed by atoms with van der Waals surface area (Å²) in [4.78, 5) is 2.09. The molecule has 1 atom stereocenters. The summed E-state index contributed by atoms with van der Waals surface area (Å²) in [5.41, 5.74) is 1.55. The number of aliphatic hydroxyl groups is 1. The summed E-state index contributed by atoms with van der Waals surface area (Å²) in [6.45, 7) is 4.15. The van der Waals surface area contributed by atoms with Gasteiger partial charge in [0.05, 0.1) is 6.61 Å². The normalized spacial score (nSPS) is 12.6. The number of hydrogen-bond donors (Lipinski definition) is 1. The van der Waals surface area contributed by atoms with E-state index in [0.717, 1.165) is 18.5 Å². The van der Waals surface area contributed by atoms with Crippen LogP contribution in [-0.2, 0) is 6.61 Å². The second kappa shape index (κ2) is 5.85. The highest BCUT2D eigenvalue weighted by molar-refractivity contribution is 5.53. The van der Waals surface area contributed by atoms with Gasteiger partial charge in [-0.25, -0.2) is 4.39 Å². The number of rotatable bonds is 5. The second-order valence-electron chi connectivity index (χ2n) is 4.18. The Balaban J connectivity index is 2.93. The van der Waals surface area contributed by atoms with E-state index in [1.165, 1.54) is 12.1 Å². The highest BCUT2D eigenvalue weighted by Crippen LogP contribution is 2.23. The lowest BCUT2D eigenvalue weighted by atomic mass is 10.1. The SMILES string of the molecule is CCCC(C)N(C)c1ccc(F)cc1CO. The minimum Gasteiger partial charge on any atom is -0.392 e. The molecule has 0 aromatic heterocycles. The molecule has 1 N–H and O–H groups in total. The zero-order valence-electron chi connectivity index (χ0n) is 10.2. The molecule has 90 valence electrons. The van der Waals surface area contributed by atoms with Crippen molar-refractivity contribution in [2.24, 2.45) is 0 Å². The van der Waals surface area contributed by atoms with Crippen molar-refractivity contribution < 1.29 is 9.50 Å². The van der Waals surface area contributed by atoms with Crippen molar-refractivity contribution in [3.8, 4) is 0 Å². The first-order valence-corrected chi connectivity index (χ1v) is 5.72. The first-order valence-electron chi connectivity index (χ1n) is 5.72. The maximum Gasteiger partial charge on any atom is 0.123 e. The minimum atomic E-state index is -0.302. The molecule has 1 aromatic carbocycles. The number of anilines is 1. The molecule has 0 aliphatic rings. The third-order valence-electron chi connectivity index (χ3n) is 2.96. The van der Waals surface area contributed by atoms with E-state index in [-0.39, 0.29) is 12.4 Å².